The van der Waals surface area contributed by atoms with E-state index in [1.165, 1.54) is 6.20 Å². The number of aryl methyl sites for hydroxylation is 1. The summed E-state index contributed by atoms with van der Waals surface area (Å²) < 4.78 is 13.2. The van der Waals surface area contributed by atoms with Gasteiger partial charge in [-0.25, -0.2) is 19.3 Å². The van der Waals surface area contributed by atoms with Crippen LogP contribution in [0, 0.1) is 24.6 Å². The molecular formula is C21H19ClFN7O. The smallest absolute Gasteiger partial charge is 0.247 e. The Morgan fingerprint density at radius 2 is 1.97 bits per heavy atom. The molecule has 1 aliphatic carbocycles. The molecule has 0 radical (unpaired) electrons. The van der Waals surface area contributed by atoms with Crippen molar-refractivity contribution in [1.29, 1.82) is 0 Å². The fraction of sp³-hybridized carbons (Fsp3) is 0.333. The van der Waals surface area contributed by atoms with Crippen molar-refractivity contribution < 1.29 is 9.18 Å². The summed E-state index contributed by atoms with van der Waals surface area (Å²) >= 11 is 5.82. The standard InChI is InChI=1S/C21H19ClFN7O/c1-10-3-4-13(5-14(10)19-24-7-12(23)8-25-19)27-20(31)16-6-15-11(2)18(15)30(16)21-26-9-17(22)28-29-21/h3-5,7-9,11,15-16,18H,6H2,1-2H3,(H,27,31)/t11-,15+,16+,18-/m1/s1. The Hall–Kier alpha value is -3.20. The molecular weight excluding hydrogens is 421 g/mol. The molecule has 2 fully saturated rings. The zero-order valence-electron chi connectivity index (χ0n) is 16.8. The van der Waals surface area contributed by atoms with Gasteiger partial charge in [-0.15, -0.1) is 10.2 Å². The minimum atomic E-state index is -0.501. The summed E-state index contributed by atoms with van der Waals surface area (Å²) in [5.74, 6) is 1.06. The van der Waals surface area contributed by atoms with Crippen LogP contribution in [0.15, 0.2) is 36.8 Å². The zero-order chi connectivity index (χ0) is 21.7. The molecule has 10 heteroatoms. The van der Waals surface area contributed by atoms with Crippen molar-refractivity contribution in [1.82, 2.24) is 25.1 Å². The number of piperidine rings is 1. The van der Waals surface area contributed by atoms with Crippen molar-refractivity contribution in [3.8, 4) is 11.4 Å². The van der Waals surface area contributed by atoms with E-state index in [0.29, 0.717) is 29.3 Å². The highest BCUT2D eigenvalue weighted by atomic mass is 35.5. The summed E-state index contributed by atoms with van der Waals surface area (Å²) in [7, 11) is 0. The SMILES string of the molecule is Cc1ccc(NC(=O)[C@@H]2C[C@H]3[C@@H](C)[C@H]3N2c2ncc(Cl)nn2)cc1-c1ncc(F)cn1. The summed E-state index contributed by atoms with van der Waals surface area (Å²) in [5, 5.41) is 11.2. The molecule has 8 nitrogen and oxygen atoms in total. The highest BCUT2D eigenvalue weighted by molar-refractivity contribution is 6.29. The molecule has 1 saturated carbocycles. The number of aromatic nitrogens is 5. The van der Waals surface area contributed by atoms with Crippen LogP contribution in [0.25, 0.3) is 11.4 Å². The quantitative estimate of drug-likeness (QED) is 0.666. The van der Waals surface area contributed by atoms with E-state index in [2.05, 4.69) is 37.4 Å². The Labute approximate surface area is 182 Å². The van der Waals surface area contributed by atoms with Gasteiger partial charge in [-0.2, -0.15) is 0 Å². The van der Waals surface area contributed by atoms with Gasteiger partial charge in [0.1, 0.15) is 6.04 Å². The third kappa shape index (κ3) is 3.59. The highest BCUT2D eigenvalue weighted by Gasteiger charge is 2.61. The Morgan fingerprint density at radius 1 is 1.19 bits per heavy atom. The molecule has 1 N–H and O–H groups in total. The van der Waals surface area contributed by atoms with Gasteiger partial charge in [0.05, 0.1) is 18.6 Å². The first-order valence-corrected chi connectivity index (χ1v) is 10.3. The van der Waals surface area contributed by atoms with E-state index in [0.717, 1.165) is 29.9 Å². The molecule has 2 aliphatic rings. The topological polar surface area (TPSA) is 96.8 Å². The van der Waals surface area contributed by atoms with Gasteiger partial charge in [0.15, 0.2) is 16.8 Å². The Kier molecular flexibility index (Phi) is 4.77. The maximum absolute atomic E-state index is 13.2. The van der Waals surface area contributed by atoms with Crippen LogP contribution in [0.3, 0.4) is 0 Å². The molecule has 0 unspecified atom stereocenters. The third-order valence-corrected chi connectivity index (χ3v) is 6.26. The fourth-order valence-corrected chi connectivity index (χ4v) is 4.50. The number of benzene rings is 1. The first kappa shape index (κ1) is 19.7. The minimum absolute atomic E-state index is 0.146. The van der Waals surface area contributed by atoms with Crippen molar-refractivity contribution in [2.45, 2.75) is 32.4 Å². The number of rotatable bonds is 4. The minimum Gasteiger partial charge on any atom is -0.324 e. The van der Waals surface area contributed by atoms with Gasteiger partial charge in [-0.05, 0) is 42.9 Å². The molecule has 1 saturated heterocycles. The predicted molar refractivity (Wildman–Crippen MR) is 113 cm³/mol. The second kappa shape index (κ2) is 7.49. The zero-order valence-corrected chi connectivity index (χ0v) is 17.6. The normalized spacial score (nSPS) is 24.1. The van der Waals surface area contributed by atoms with Crippen molar-refractivity contribution in [2.75, 3.05) is 10.2 Å². The van der Waals surface area contributed by atoms with Gasteiger partial charge in [-0.1, -0.05) is 24.6 Å². The second-order valence-corrected chi connectivity index (χ2v) is 8.38. The number of anilines is 2. The molecule has 1 amide bonds. The first-order chi connectivity index (χ1) is 14.9. The van der Waals surface area contributed by atoms with Crippen LogP contribution in [0.1, 0.15) is 18.9 Å². The number of nitrogens with one attached hydrogen (secondary N) is 1. The number of halogens is 2. The maximum atomic E-state index is 13.2. The predicted octanol–water partition coefficient (Wildman–Crippen LogP) is 3.28. The molecule has 0 spiro atoms. The van der Waals surface area contributed by atoms with E-state index in [1.807, 2.05) is 24.0 Å². The average molecular weight is 440 g/mol. The van der Waals surface area contributed by atoms with Crippen LogP contribution in [0.4, 0.5) is 16.0 Å². The monoisotopic (exact) mass is 439 g/mol. The average Bonchev–Trinajstić information content (AvgIpc) is 3.19. The fourth-order valence-electron chi connectivity index (χ4n) is 4.41. The molecule has 5 rings (SSSR count). The number of carbonyl (C=O) groups excluding carboxylic acids is 1. The van der Waals surface area contributed by atoms with Gasteiger partial charge in [0.2, 0.25) is 11.9 Å². The van der Waals surface area contributed by atoms with E-state index in [1.54, 1.807) is 6.07 Å². The van der Waals surface area contributed by atoms with Gasteiger partial charge in [-0.3, -0.25) is 4.79 Å². The number of hydrogen-bond acceptors (Lipinski definition) is 7. The van der Waals surface area contributed by atoms with Gasteiger partial charge in [0.25, 0.3) is 0 Å². The Morgan fingerprint density at radius 3 is 2.68 bits per heavy atom. The molecule has 1 aromatic carbocycles. The molecule has 4 atom stereocenters. The molecule has 0 bridgehead atoms. The summed E-state index contributed by atoms with van der Waals surface area (Å²) in [6, 6.07) is 5.31. The van der Waals surface area contributed by atoms with Crippen LogP contribution >= 0.6 is 11.6 Å². The van der Waals surface area contributed by atoms with Gasteiger partial charge in [0, 0.05) is 17.3 Å². The lowest BCUT2D eigenvalue weighted by atomic mass is 10.1. The summed E-state index contributed by atoms with van der Waals surface area (Å²) in [6.45, 7) is 4.07. The van der Waals surface area contributed by atoms with Crippen LogP contribution in [0.2, 0.25) is 5.15 Å². The Balaban J connectivity index is 1.39. The lowest BCUT2D eigenvalue weighted by Gasteiger charge is -2.27. The van der Waals surface area contributed by atoms with Crippen LogP contribution in [-0.4, -0.2) is 43.1 Å². The highest BCUT2D eigenvalue weighted by Crippen LogP contribution is 2.54. The van der Waals surface area contributed by atoms with Crippen LogP contribution in [0.5, 0.6) is 0 Å². The van der Waals surface area contributed by atoms with E-state index in [4.69, 9.17) is 11.6 Å². The molecule has 3 aromatic rings. The number of hydrogen-bond donors (Lipinski definition) is 1. The number of nitrogens with zero attached hydrogens (tertiary/aromatic N) is 6. The largest absolute Gasteiger partial charge is 0.324 e. The third-order valence-electron chi connectivity index (χ3n) is 6.09. The maximum Gasteiger partial charge on any atom is 0.247 e. The molecule has 158 valence electrons. The van der Waals surface area contributed by atoms with Crippen molar-refractivity contribution in [3.05, 3.63) is 53.3 Å². The van der Waals surface area contributed by atoms with Crippen molar-refractivity contribution in [3.63, 3.8) is 0 Å². The van der Waals surface area contributed by atoms with E-state index >= 15 is 0 Å². The van der Waals surface area contributed by atoms with Gasteiger partial charge >= 0.3 is 0 Å². The van der Waals surface area contributed by atoms with Crippen molar-refractivity contribution in [2.24, 2.45) is 11.8 Å². The summed E-state index contributed by atoms with van der Waals surface area (Å²) in [5.41, 5.74) is 2.26. The van der Waals surface area contributed by atoms with E-state index < -0.39 is 11.9 Å². The van der Waals surface area contributed by atoms with Gasteiger partial charge < -0.3 is 10.2 Å². The summed E-state index contributed by atoms with van der Waals surface area (Å²) in [4.78, 5) is 27.5. The van der Waals surface area contributed by atoms with Crippen LogP contribution < -0.4 is 10.2 Å². The first-order valence-electron chi connectivity index (χ1n) is 9.95. The number of fused-ring (bicyclic) bond motifs is 1. The van der Waals surface area contributed by atoms with E-state index in [9.17, 15) is 9.18 Å². The molecule has 2 aromatic heterocycles. The lowest BCUT2D eigenvalue weighted by molar-refractivity contribution is -0.117. The van der Waals surface area contributed by atoms with Crippen LogP contribution in [-0.2, 0) is 4.79 Å². The number of amides is 1. The molecule has 1 aliphatic heterocycles. The molecule has 3 heterocycles. The lowest BCUT2D eigenvalue weighted by Crippen LogP contribution is -2.44. The second-order valence-electron chi connectivity index (χ2n) is 8.00. The molecule has 31 heavy (non-hydrogen) atoms. The number of carbonyl (C=O) groups is 1. The van der Waals surface area contributed by atoms with E-state index in [-0.39, 0.29) is 17.1 Å². The van der Waals surface area contributed by atoms with Crippen molar-refractivity contribution >= 4 is 29.1 Å². The summed E-state index contributed by atoms with van der Waals surface area (Å²) in [6.07, 6.45) is 4.41. The Bertz CT molecular complexity index is 1140.